The molecule has 0 bridgehead atoms. The van der Waals surface area contributed by atoms with Crippen molar-refractivity contribution in [1.29, 1.82) is 0 Å². The Hall–Kier alpha value is -1.56. The number of alkyl halides is 15. The molecule has 0 atom stereocenters. The molecule has 0 fully saturated rings. The maximum Gasteiger partial charge on any atom is 0.460 e. The van der Waals surface area contributed by atoms with Gasteiger partial charge in [0.1, 0.15) is 0 Å². The Labute approximate surface area is 127 Å². The van der Waals surface area contributed by atoms with Crippen molar-refractivity contribution in [1.82, 2.24) is 0 Å². The van der Waals surface area contributed by atoms with E-state index in [1.54, 1.807) is 0 Å². The van der Waals surface area contributed by atoms with Gasteiger partial charge in [-0.1, -0.05) is 0 Å². The molecule has 16 heteroatoms. The molecule has 148 valence electrons. The summed E-state index contributed by atoms with van der Waals surface area (Å²) in [5.74, 6) is -46.7. The van der Waals surface area contributed by atoms with E-state index in [1.165, 1.54) is 4.85 Å². The SMILES string of the molecule is [C-]#[N+]CC(F)(F)C(F)(F)C(F)(F)C(F)(F)C(F)(F)C(F)(F)C(F)(F)F. The van der Waals surface area contributed by atoms with Crippen LogP contribution in [0.4, 0.5) is 65.9 Å². The molecule has 0 aromatic heterocycles. The summed E-state index contributed by atoms with van der Waals surface area (Å²) >= 11 is 0. The van der Waals surface area contributed by atoms with E-state index in [0.717, 1.165) is 0 Å². The van der Waals surface area contributed by atoms with Crippen LogP contribution in [-0.2, 0) is 0 Å². The van der Waals surface area contributed by atoms with Crippen LogP contribution >= 0.6 is 0 Å². The average Bonchev–Trinajstić information content (AvgIpc) is 2.35. The summed E-state index contributed by atoms with van der Waals surface area (Å²) in [5.41, 5.74) is 0. The van der Waals surface area contributed by atoms with Crippen molar-refractivity contribution >= 4 is 0 Å². The lowest BCUT2D eigenvalue weighted by atomic mass is 9.91. The molecule has 0 heterocycles. The summed E-state index contributed by atoms with van der Waals surface area (Å²) in [4.78, 5) is 1.45. The van der Waals surface area contributed by atoms with Crippen molar-refractivity contribution in [2.24, 2.45) is 0 Å². The van der Waals surface area contributed by atoms with Gasteiger partial charge in [0, 0.05) is 0 Å². The van der Waals surface area contributed by atoms with Crippen LogP contribution < -0.4 is 0 Å². The number of halogens is 15. The third kappa shape index (κ3) is 2.94. The molecule has 0 aromatic carbocycles. The van der Waals surface area contributed by atoms with E-state index in [1.807, 2.05) is 0 Å². The van der Waals surface area contributed by atoms with Crippen LogP contribution in [0, 0.1) is 6.57 Å². The molecule has 0 spiro atoms. The van der Waals surface area contributed by atoms with Crippen LogP contribution in [0.3, 0.4) is 0 Å². The summed E-state index contributed by atoms with van der Waals surface area (Å²) in [6.45, 7) is 2.79. The Balaban J connectivity index is 6.46. The van der Waals surface area contributed by atoms with Gasteiger partial charge in [-0.15, -0.1) is 0 Å². The highest BCUT2D eigenvalue weighted by Crippen LogP contribution is 2.62. The van der Waals surface area contributed by atoms with Crippen LogP contribution in [0.15, 0.2) is 0 Å². The Morgan fingerprint density at radius 2 is 0.760 bits per heavy atom. The smallest absolute Gasteiger partial charge is 0.310 e. The van der Waals surface area contributed by atoms with Crippen LogP contribution in [-0.4, -0.2) is 48.3 Å². The van der Waals surface area contributed by atoms with Gasteiger partial charge in [0.15, 0.2) is 0 Å². The largest absolute Gasteiger partial charge is 0.460 e. The summed E-state index contributed by atoms with van der Waals surface area (Å²) in [5, 5.41) is 0. The minimum atomic E-state index is -8.30. The van der Waals surface area contributed by atoms with E-state index in [9.17, 15) is 65.9 Å². The monoisotopic (exact) mass is 409 g/mol. The number of hydrogen-bond donors (Lipinski definition) is 0. The molecule has 0 N–H and O–H groups in total. The Morgan fingerprint density at radius 3 is 1.04 bits per heavy atom. The Kier molecular flexibility index (Phi) is 5.37. The first-order valence-corrected chi connectivity index (χ1v) is 5.23. The molecule has 0 rings (SSSR count). The molecule has 0 amide bonds. The van der Waals surface area contributed by atoms with Crippen LogP contribution in [0.2, 0.25) is 0 Å². The lowest BCUT2D eigenvalue weighted by Crippen LogP contribution is -2.72. The second-order valence-corrected chi connectivity index (χ2v) is 4.39. The second-order valence-electron chi connectivity index (χ2n) is 4.39. The molecule has 0 aromatic rings. The van der Waals surface area contributed by atoms with Gasteiger partial charge in [0.2, 0.25) is 0 Å². The lowest BCUT2D eigenvalue weighted by Gasteiger charge is -2.40. The predicted molar refractivity (Wildman–Crippen MR) is 47.2 cm³/mol. The quantitative estimate of drug-likeness (QED) is 0.416. The second kappa shape index (κ2) is 5.73. The molecule has 0 aliphatic heterocycles. The van der Waals surface area contributed by atoms with Crippen molar-refractivity contribution in [3.8, 4) is 0 Å². The molecule has 25 heavy (non-hydrogen) atoms. The molecule has 0 unspecified atom stereocenters. The van der Waals surface area contributed by atoms with E-state index in [4.69, 9.17) is 6.57 Å². The average molecular weight is 409 g/mol. The Bertz CT molecular complexity index is 536. The molecule has 0 radical (unpaired) electrons. The van der Waals surface area contributed by atoms with Gasteiger partial charge in [0.25, 0.3) is 6.54 Å². The molecular formula is C9H2F15N. The maximum absolute atomic E-state index is 12.9. The van der Waals surface area contributed by atoms with Gasteiger partial charge in [-0.05, 0) is 0 Å². The highest BCUT2D eigenvalue weighted by Gasteiger charge is 2.93. The van der Waals surface area contributed by atoms with E-state index in [0.29, 0.717) is 0 Å². The minimum absolute atomic E-state index is 1.45. The van der Waals surface area contributed by atoms with Gasteiger partial charge in [-0.25, -0.2) is 6.57 Å². The van der Waals surface area contributed by atoms with E-state index < -0.39 is 48.3 Å². The fourth-order valence-corrected chi connectivity index (χ4v) is 1.20. The van der Waals surface area contributed by atoms with Crippen molar-refractivity contribution in [2.75, 3.05) is 6.54 Å². The zero-order valence-corrected chi connectivity index (χ0v) is 10.8. The number of nitrogens with zero attached hydrogens (tertiary/aromatic N) is 1. The maximum atomic E-state index is 12.9. The predicted octanol–water partition coefficient (Wildman–Crippen LogP) is 5.28. The standard InChI is InChI=1S/C9H2F15N/c1-25-2-3(10,11)4(12,13)5(14,15)6(16,17)7(18,19)8(20,21)9(22,23)24/h2H2. The number of rotatable bonds is 6. The summed E-state index contributed by atoms with van der Waals surface area (Å²) in [6, 6.07) is 0. The molecule has 0 aliphatic carbocycles. The summed E-state index contributed by atoms with van der Waals surface area (Å²) in [7, 11) is 0. The van der Waals surface area contributed by atoms with E-state index in [2.05, 4.69) is 0 Å². The third-order valence-corrected chi connectivity index (χ3v) is 2.67. The fraction of sp³-hybridized carbons (Fsp3) is 0.889. The van der Waals surface area contributed by atoms with Gasteiger partial charge in [-0.2, -0.15) is 65.9 Å². The summed E-state index contributed by atoms with van der Waals surface area (Å²) in [6.07, 6.45) is -7.62. The zero-order valence-electron chi connectivity index (χ0n) is 10.8. The highest BCUT2D eigenvalue weighted by atomic mass is 19.4. The third-order valence-electron chi connectivity index (χ3n) is 2.67. The van der Waals surface area contributed by atoms with Crippen LogP contribution in [0.5, 0.6) is 0 Å². The van der Waals surface area contributed by atoms with Crippen molar-refractivity contribution in [3.63, 3.8) is 0 Å². The van der Waals surface area contributed by atoms with Gasteiger partial charge < -0.3 is 4.85 Å². The Morgan fingerprint density at radius 1 is 0.480 bits per heavy atom. The summed E-state index contributed by atoms with van der Waals surface area (Å²) < 4.78 is 188. The first-order chi connectivity index (χ1) is 10.6. The van der Waals surface area contributed by atoms with Gasteiger partial charge >= 0.3 is 41.7 Å². The topological polar surface area (TPSA) is 4.36 Å². The first-order valence-electron chi connectivity index (χ1n) is 5.23. The number of hydrogen-bond acceptors (Lipinski definition) is 0. The van der Waals surface area contributed by atoms with Crippen LogP contribution in [0.1, 0.15) is 0 Å². The molecule has 0 saturated heterocycles. The fourth-order valence-electron chi connectivity index (χ4n) is 1.20. The minimum Gasteiger partial charge on any atom is -0.310 e. The van der Waals surface area contributed by atoms with Crippen LogP contribution in [0.25, 0.3) is 4.85 Å². The van der Waals surface area contributed by atoms with Crippen molar-refractivity contribution in [2.45, 2.75) is 41.7 Å². The first kappa shape index (κ1) is 23.4. The van der Waals surface area contributed by atoms with Gasteiger partial charge in [0.05, 0.1) is 0 Å². The molecule has 1 nitrogen and oxygen atoms in total. The zero-order chi connectivity index (χ0) is 20.9. The molecular weight excluding hydrogens is 407 g/mol. The molecule has 0 saturated carbocycles. The van der Waals surface area contributed by atoms with E-state index in [-0.39, 0.29) is 0 Å². The lowest BCUT2D eigenvalue weighted by molar-refractivity contribution is -0.451. The van der Waals surface area contributed by atoms with Gasteiger partial charge in [-0.3, -0.25) is 0 Å². The van der Waals surface area contributed by atoms with Crippen molar-refractivity contribution in [3.05, 3.63) is 11.4 Å². The normalized spacial score (nSPS) is 15.9. The molecule has 0 aliphatic rings. The highest BCUT2D eigenvalue weighted by molar-refractivity contribution is 5.13. The van der Waals surface area contributed by atoms with E-state index >= 15 is 0 Å². The van der Waals surface area contributed by atoms with Crippen molar-refractivity contribution < 1.29 is 65.9 Å².